The fourth-order valence-corrected chi connectivity index (χ4v) is 7.74. The number of fused-ring (bicyclic) bond motifs is 1. The van der Waals surface area contributed by atoms with Crippen molar-refractivity contribution in [1.29, 1.82) is 0 Å². The van der Waals surface area contributed by atoms with Crippen molar-refractivity contribution in [3.05, 3.63) is 78.8 Å². The van der Waals surface area contributed by atoms with Gasteiger partial charge in [-0.25, -0.2) is 4.68 Å². The summed E-state index contributed by atoms with van der Waals surface area (Å²) in [7, 11) is 0. The van der Waals surface area contributed by atoms with Crippen molar-refractivity contribution in [2.24, 2.45) is 0 Å². The minimum Gasteiger partial charge on any atom is -0.377 e. The number of aromatic nitrogens is 6. The second kappa shape index (κ2) is 14.5. The molecule has 5 heterocycles. The van der Waals surface area contributed by atoms with Gasteiger partial charge in [0.1, 0.15) is 17.8 Å². The van der Waals surface area contributed by atoms with Crippen molar-refractivity contribution >= 4 is 46.1 Å². The van der Waals surface area contributed by atoms with Gasteiger partial charge in [-0.15, -0.1) is 5.10 Å². The van der Waals surface area contributed by atoms with Gasteiger partial charge in [-0.1, -0.05) is 37.4 Å². The van der Waals surface area contributed by atoms with E-state index in [0.29, 0.717) is 37.6 Å². The summed E-state index contributed by atoms with van der Waals surface area (Å²) in [6, 6.07) is 2.31. The van der Waals surface area contributed by atoms with Crippen LogP contribution in [0.4, 0.5) is 24.5 Å². The van der Waals surface area contributed by atoms with Crippen molar-refractivity contribution in [3.8, 4) is 0 Å². The van der Waals surface area contributed by atoms with Gasteiger partial charge >= 0.3 is 6.18 Å². The Morgan fingerprint density at radius 3 is 2.57 bits per heavy atom. The van der Waals surface area contributed by atoms with Gasteiger partial charge in [-0.05, 0) is 56.4 Å². The molecule has 282 valence electrons. The first-order valence-corrected chi connectivity index (χ1v) is 18.1. The number of carbonyl (C=O) groups is 2. The first kappa shape index (κ1) is 36.5. The average molecular weight is 758 g/mol. The molecule has 18 heteroatoms. The van der Waals surface area contributed by atoms with E-state index >= 15 is 0 Å². The third-order valence-corrected chi connectivity index (χ3v) is 10.5. The zero-order valence-electron chi connectivity index (χ0n) is 29.2. The third-order valence-electron chi connectivity index (χ3n) is 10.2. The van der Waals surface area contributed by atoms with Crippen LogP contribution in [0.15, 0.2) is 40.1 Å². The largest absolute Gasteiger partial charge is 0.416 e. The quantitative estimate of drug-likeness (QED) is 0.266. The molecule has 2 N–H and O–H groups in total. The molecule has 14 nitrogen and oxygen atoms in total. The maximum Gasteiger partial charge on any atom is 0.416 e. The molecular formula is C35H39ClF3N9O5. The maximum atomic E-state index is 14.3. The minimum atomic E-state index is -4.61. The van der Waals surface area contributed by atoms with E-state index < -0.39 is 29.2 Å². The molecule has 2 fully saturated rings. The summed E-state index contributed by atoms with van der Waals surface area (Å²) in [5.41, 5.74) is -0.143. The lowest BCUT2D eigenvalue weighted by Crippen LogP contribution is -2.56. The highest BCUT2D eigenvalue weighted by molar-refractivity contribution is 6.33. The Morgan fingerprint density at radius 2 is 1.91 bits per heavy atom. The van der Waals surface area contributed by atoms with Gasteiger partial charge in [-0.3, -0.25) is 19.2 Å². The number of ether oxygens (including phenoxy) is 1. The first-order valence-electron chi connectivity index (χ1n) is 17.7. The molecule has 7 rings (SSSR count). The van der Waals surface area contributed by atoms with Crippen molar-refractivity contribution in [2.75, 3.05) is 43.1 Å². The number of halogens is 4. The number of aromatic amines is 1. The Labute approximate surface area is 306 Å². The summed E-state index contributed by atoms with van der Waals surface area (Å²) >= 11 is 6.14. The van der Waals surface area contributed by atoms with E-state index in [0.717, 1.165) is 54.0 Å². The summed E-state index contributed by atoms with van der Waals surface area (Å²) < 4.78 is 49.4. The molecule has 53 heavy (non-hydrogen) atoms. The van der Waals surface area contributed by atoms with E-state index in [1.54, 1.807) is 14.1 Å². The molecule has 1 aliphatic carbocycles. The summed E-state index contributed by atoms with van der Waals surface area (Å²) in [4.78, 5) is 63.0. The molecule has 1 saturated carbocycles. The lowest BCUT2D eigenvalue weighted by Gasteiger charge is -2.41. The molecule has 2 aliphatic heterocycles. The number of carbonyl (C=O) groups excluding carboxylic acids is 2. The summed E-state index contributed by atoms with van der Waals surface area (Å²) in [6.45, 7) is 4.84. The van der Waals surface area contributed by atoms with E-state index in [1.165, 1.54) is 6.20 Å². The zero-order chi connectivity index (χ0) is 37.6. The van der Waals surface area contributed by atoms with Gasteiger partial charge in [-0.2, -0.15) is 22.7 Å². The fraction of sp³-hybridized carbons (Fsp3) is 0.486. The van der Waals surface area contributed by atoms with Crippen LogP contribution in [0.2, 0.25) is 5.02 Å². The third kappa shape index (κ3) is 6.99. The lowest BCUT2D eigenvalue weighted by molar-refractivity contribution is -0.137. The highest BCUT2D eigenvalue weighted by Crippen LogP contribution is 2.34. The monoisotopic (exact) mass is 757 g/mol. The molecule has 3 aromatic heterocycles. The molecule has 1 aromatic carbocycles. The number of H-pyrrole nitrogens is 1. The number of piperazine rings is 1. The topological polar surface area (TPSA) is 152 Å². The molecular weight excluding hydrogens is 719 g/mol. The number of nitrogens with zero attached hydrogens (tertiary/aromatic N) is 7. The Hall–Kier alpha value is -4.90. The van der Waals surface area contributed by atoms with Crippen LogP contribution in [0.5, 0.6) is 0 Å². The molecule has 1 atom stereocenters. The molecule has 3 aliphatic rings. The smallest absolute Gasteiger partial charge is 0.377 e. The van der Waals surface area contributed by atoms with Crippen molar-refractivity contribution in [2.45, 2.75) is 77.2 Å². The summed E-state index contributed by atoms with van der Waals surface area (Å²) in [6.07, 6.45) is 3.35. The number of rotatable bonds is 8. The molecule has 0 spiro atoms. The Bertz CT molecular complexity index is 2220. The van der Waals surface area contributed by atoms with E-state index in [4.69, 9.17) is 16.3 Å². The normalized spacial score (nSPS) is 18.5. The predicted octanol–water partition coefficient (Wildman–Crippen LogP) is 4.52. The number of hydrogen-bond acceptors (Lipinski definition) is 8. The van der Waals surface area contributed by atoms with Crippen LogP contribution in [0, 0.1) is 0 Å². The fourth-order valence-electron chi connectivity index (χ4n) is 7.51. The second-order valence-corrected chi connectivity index (χ2v) is 14.0. The molecule has 0 unspecified atom stereocenters. The van der Waals surface area contributed by atoms with Crippen LogP contribution in [0.3, 0.4) is 0 Å². The van der Waals surface area contributed by atoms with E-state index in [-0.39, 0.29) is 71.4 Å². The van der Waals surface area contributed by atoms with Crippen molar-refractivity contribution in [1.82, 2.24) is 33.8 Å². The van der Waals surface area contributed by atoms with Crippen LogP contribution in [-0.4, -0.2) is 84.5 Å². The Morgan fingerprint density at radius 1 is 1.13 bits per heavy atom. The van der Waals surface area contributed by atoms with Crippen molar-refractivity contribution in [3.63, 3.8) is 0 Å². The van der Waals surface area contributed by atoms with Crippen LogP contribution < -0.4 is 21.3 Å². The van der Waals surface area contributed by atoms with Crippen LogP contribution in [-0.2, 0) is 28.7 Å². The molecule has 0 bridgehead atoms. The van der Waals surface area contributed by atoms with Gasteiger partial charge in [0.2, 0.25) is 11.7 Å². The molecule has 2 amide bonds. The maximum absolute atomic E-state index is 14.3. The molecule has 1 saturated heterocycles. The first-order chi connectivity index (χ1) is 25.3. The minimum absolute atomic E-state index is 0.0124. The van der Waals surface area contributed by atoms with E-state index in [2.05, 4.69) is 20.5 Å². The number of benzene rings is 1. The average Bonchev–Trinajstić information content (AvgIpc) is 3.90. The number of hydrogen-bond donors (Lipinski definition) is 2. The van der Waals surface area contributed by atoms with Gasteiger partial charge in [0.05, 0.1) is 41.2 Å². The number of nitrogens with one attached hydrogen (secondary N) is 2. The summed E-state index contributed by atoms with van der Waals surface area (Å²) in [5.74, 6) is -0.586. The van der Waals surface area contributed by atoms with E-state index in [1.807, 2.05) is 24.8 Å². The van der Waals surface area contributed by atoms with Crippen LogP contribution in [0.1, 0.15) is 79.4 Å². The van der Waals surface area contributed by atoms with Crippen LogP contribution in [0.25, 0.3) is 11.4 Å². The highest BCUT2D eigenvalue weighted by atomic mass is 35.5. The van der Waals surface area contributed by atoms with E-state index in [9.17, 15) is 32.3 Å². The van der Waals surface area contributed by atoms with Crippen molar-refractivity contribution < 1.29 is 27.5 Å². The summed E-state index contributed by atoms with van der Waals surface area (Å²) in [5, 5.41) is 9.86. The second-order valence-electron chi connectivity index (χ2n) is 13.6. The predicted molar refractivity (Wildman–Crippen MR) is 190 cm³/mol. The van der Waals surface area contributed by atoms with Crippen LogP contribution >= 0.6 is 11.6 Å². The standard InChI is InChI=1S/C35H39ClF3N9O5/c1-3-27-29(44-12-13-45(20(2)18-44)31(50)24-17-40-47(32(24)51)23-6-4-5-7-23)33(52)48-34(42-30(43-48)21-10-14-53-15-11-21)46(27)19-28(49)41-26-9-8-22(16-25(26)36)35(37,38)39/h8-10,16-17,20,23,40H,3-7,11-15,18-19H2,1-2H3,(H,41,49)/t20-/m1/s1. The number of amides is 2. The Balaban J connectivity index is 1.21. The molecule has 4 aromatic rings. The lowest BCUT2D eigenvalue weighted by atomic mass is 10.1. The number of alkyl halides is 3. The highest BCUT2D eigenvalue weighted by Gasteiger charge is 2.35. The van der Waals surface area contributed by atoms with Gasteiger partial charge in [0.15, 0.2) is 5.82 Å². The Kier molecular flexibility index (Phi) is 9.97. The van der Waals surface area contributed by atoms with Gasteiger partial charge in [0, 0.05) is 31.9 Å². The SMILES string of the molecule is CCc1c(N2CCN(C(=O)c3c[nH]n(C4CCCC4)c3=O)[C@H](C)C2)c(=O)n2nc(C3=CCOCC3)nc2n1CC(=O)Nc1ccc(C(F)(F)F)cc1Cl. The van der Waals surface area contributed by atoms with Gasteiger partial charge < -0.3 is 29.5 Å². The molecule has 0 radical (unpaired) electrons. The number of anilines is 2. The van der Waals surface area contributed by atoms with Gasteiger partial charge in [0.25, 0.3) is 17.0 Å². The zero-order valence-corrected chi connectivity index (χ0v) is 30.0.